The molecule has 1 aromatic carbocycles. The lowest BCUT2D eigenvalue weighted by Gasteiger charge is -2.31. The molecular formula is C19H19FN4O. The molecule has 2 aromatic heterocycles. The Morgan fingerprint density at radius 1 is 1.20 bits per heavy atom. The molecule has 1 fully saturated rings. The summed E-state index contributed by atoms with van der Waals surface area (Å²) in [5, 5.41) is 0. The lowest BCUT2D eigenvalue weighted by molar-refractivity contribution is 0.383. The van der Waals surface area contributed by atoms with Gasteiger partial charge in [0.2, 0.25) is 0 Å². The summed E-state index contributed by atoms with van der Waals surface area (Å²) < 4.78 is 19.7. The molecule has 0 aliphatic carbocycles. The van der Waals surface area contributed by atoms with Gasteiger partial charge in [-0.15, -0.1) is 0 Å². The minimum Gasteiger partial charge on any atom is -0.445 e. The molecule has 1 aliphatic rings. The van der Waals surface area contributed by atoms with Crippen LogP contribution < -0.4 is 4.90 Å². The molecule has 3 aromatic rings. The summed E-state index contributed by atoms with van der Waals surface area (Å²) in [6.45, 7) is 1.78. The number of aromatic nitrogens is 3. The Labute approximate surface area is 145 Å². The van der Waals surface area contributed by atoms with Crippen LogP contribution >= 0.6 is 0 Å². The third-order valence-electron chi connectivity index (χ3n) is 4.55. The van der Waals surface area contributed by atoms with Gasteiger partial charge in [-0.05, 0) is 30.5 Å². The lowest BCUT2D eigenvalue weighted by atomic mass is 9.98. The molecule has 4 rings (SSSR count). The maximum atomic E-state index is 13.8. The summed E-state index contributed by atoms with van der Waals surface area (Å²) in [4.78, 5) is 15.0. The van der Waals surface area contributed by atoms with Gasteiger partial charge in [-0.1, -0.05) is 18.2 Å². The molecule has 0 radical (unpaired) electrons. The van der Waals surface area contributed by atoms with Crippen LogP contribution in [0.4, 0.5) is 10.2 Å². The van der Waals surface area contributed by atoms with Crippen molar-refractivity contribution in [1.29, 1.82) is 0 Å². The lowest BCUT2D eigenvalue weighted by Crippen LogP contribution is -2.35. The van der Waals surface area contributed by atoms with E-state index in [-0.39, 0.29) is 11.7 Å². The summed E-state index contributed by atoms with van der Waals surface area (Å²) in [5.41, 5.74) is 0.622. The van der Waals surface area contributed by atoms with Crippen LogP contribution in [0.5, 0.6) is 0 Å². The van der Waals surface area contributed by atoms with E-state index in [1.54, 1.807) is 30.9 Å². The number of halogens is 1. The van der Waals surface area contributed by atoms with E-state index in [1.807, 2.05) is 12.1 Å². The van der Waals surface area contributed by atoms with Crippen molar-refractivity contribution in [2.75, 3.05) is 18.0 Å². The van der Waals surface area contributed by atoms with Crippen LogP contribution in [0.1, 0.15) is 36.0 Å². The van der Waals surface area contributed by atoms with E-state index in [9.17, 15) is 4.39 Å². The van der Waals surface area contributed by atoms with Crippen molar-refractivity contribution >= 4 is 5.82 Å². The molecule has 0 spiro atoms. The number of oxazole rings is 1. The second-order valence-corrected chi connectivity index (χ2v) is 6.29. The van der Waals surface area contributed by atoms with Gasteiger partial charge in [0.15, 0.2) is 5.89 Å². The van der Waals surface area contributed by atoms with Crippen LogP contribution in [0, 0.1) is 5.82 Å². The fourth-order valence-corrected chi connectivity index (χ4v) is 3.28. The molecule has 0 amide bonds. The molecule has 128 valence electrons. The molecule has 1 aliphatic heterocycles. The highest BCUT2D eigenvalue weighted by atomic mass is 19.1. The molecule has 1 saturated heterocycles. The third kappa shape index (κ3) is 3.52. The normalized spacial score (nSPS) is 17.6. The van der Waals surface area contributed by atoms with Gasteiger partial charge in [0.05, 0.1) is 12.1 Å². The van der Waals surface area contributed by atoms with E-state index < -0.39 is 0 Å². The van der Waals surface area contributed by atoms with Crippen LogP contribution in [-0.2, 0) is 6.42 Å². The van der Waals surface area contributed by atoms with Crippen molar-refractivity contribution in [1.82, 2.24) is 15.0 Å². The van der Waals surface area contributed by atoms with Crippen LogP contribution in [-0.4, -0.2) is 28.0 Å². The monoisotopic (exact) mass is 338 g/mol. The predicted molar refractivity (Wildman–Crippen MR) is 91.9 cm³/mol. The van der Waals surface area contributed by atoms with Crippen LogP contribution in [0.25, 0.3) is 0 Å². The van der Waals surface area contributed by atoms with Gasteiger partial charge in [0.25, 0.3) is 0 Å². The van der Waals surface area contributed by atoms with Crippen LogP contribution in [0.2, 0.25) is 0 Å². The van der Waals surface area contributed by atoms with Gasteiger partial charge in [-0.2, -0.15) is 0 Å². The molecular weight excluding hydrogens is 319 g/mol. The first-order valence-electron chi connectivity index (χ1n) is 8.48. The second-order valence-electron chi connectivity index (χ2n) is 6.29. The zero-order chi connectivity index (χ0) is 17.1. The van der Waals surface area contributed by atoms with E-state index >= 15 is 0 Å². The number of rotatable bonds is 4. The van der Waals surface area contributed by atoms with Gasteiger partial charge in [-0.25, -0.2) is 19.3 Å². The third-order valence-corrected chi connectivity index (χ3v) is 4.55. The summed E-state index contributed by atoms with van der Waals surface area (Å²) in [5.74, 6) is 2.35. The van der Waals surface area contributed by atoms with Gasteiger partial charge in [0.1, 0.15) is 23.7 Å². The molecule has 3 heterocycles. The Balaban J connectivity index is 1.47. The van der Waals surface area contributed by atoms with E-state index in [0.717, 1.165) is 37.6 Å². The molecule has 5 nitrogen and oxygen atoms in total. The van der Waals surface area contributed by atoms with Gasteiger partial charge < -0.3 is 9.32 Å². The molecule has 0 saturated carbocycles. The highest BCUT2D eigenvalue weighted by molar-refractivity contribution is 5.37. The summed E-state index contributed by atoms with van der Waals surface area (Å²) in [7, 11) is 0. The SMILES string of the molecule is Fc1ccccc1Cc1cnc([C@H]2CCCN(c3ccncn3)C2)o1. The summed E-state index contributed by atoms with van der Waals surface area (Å²) >= 11 is 0. The highest BCUT2D eigenvalue weighted by Crippen LogP contribution is 2.29. The minimum atomic E-state index is -0.215. The molecule has 0 bridgehead atoms. The Hall–Kier alpha value is -2.76. The Kier molecular flexibility index (Phi) is 4.41. The fourth-order valence-electron chi connectivity index (χ4n) is 3.28. The van der Waals surface area contributed by atoms with E-state index in [0.29, 0.717) is 17.7 Å². The molecule has 1 atom stereocenters. The van der Waals surface area contributed by atoms with Crippen LogP contribution in [0.15, 0.2) is 53.5 Å². The second kappa shape index (κ2) is 7.01. The number of benzene rings is 1. The predicted octanol–water partition coefficient (Wildman–Crippen LogP) is 3.58. The number of anilines is 1. The van der Waals surface area contributed by atoms with E-state index in [1.165, 1.54) is 6.07 Å². The van der Waals surface area contributed by atoms with Crippen molar-refractivity contribution in [2.24, 2.45) is 0 Å². The van der Waals surface area contributed by atoms with E-state index in [4.69, 9.17) is 4.42 Å². The average molecular weight is 338 g/mol. The maximum Gasteiger partial charge on any atom is 0.199 e. The highest BCUT2D eigenvalue weighted by Gasteiger charge is 2.26. The fraction of sp³-hybridized carbons (Fsp3) is 0.316. The molecule has 0 unspecified atom stereocenters. The maximum absolute atomic E-state index is 13.8. The Morgan fingerprint density at radius 3 is 2.96 bits per heavy atom. The van der Waals surface area contributed by atoms with Crippen molar-refractivity contribution in [2.45, 2.75) is 25.2 Å². The molecule has 6 heteroatoms. The van der Waals surface area contributed by atoms with Crippen molar-refractivity contribution in [3.63, 3.8) is 0 Å². The minimum absolute atomic E-state index is 0.215. The zero-order valence-electron chi connectivity index (χ0n) is 13.8. The molecule has 25 heavy (non-hydrogen) atoms. The van der Waals surface area contributed by atoms with Gasteiger partial charge in [-0.3, -0.25) is 0 Å². The van der Waals surface area contributed by atoms with Crippen molar-refractivity contribution in [3.05, 3.63) is 72.1 Å². The van der Waals surface area contributed by atoms with Gasteiger partial charge >= 0.3 is 0 Å². The Morgan fingerprint density at radius 2 is 2.12 bits per heavy atom. The quantitative estimate of drug-likeness (QED) is 0.728. The smallest absolute Gasteiger partial charge is 0.199 e. The van der Waals surface area contributed by atoms with Crippen LogP contribution in [0.3, 0.4) is 0 Å². The number of hydrogen-bond acceptors (Lipinski definition) is 5. The average Bonchev–Trinajstić information content (AvgIpc) is 3.13. The number of nitrogens with zero attached hydrogens (tertiary/aromatic N) is 4. The number of hydrogen-bond donors (Lipinski definition) is 0. The standard InChI is InChI=1S/C19H19FN4O/c20-17-6-2-1-4-14(17)10-16-11-22-19(25-16)15-5-3-9-24(12-15)18-7-8-21-13-23-18/h1-2,4,6-8,11,13,15H,3,5,9-10,12H2/t15-/m0/s1. The summed E-state index contributed by atoms with van der Waals surface area (Å²) in [6.07, 6.45) is 7.54. The van der Waals surface area contributed by atoms with Crippen molar-refractivity contribution < 1.29 is 8.81 Å². The summed E-state index contributed by atoms with van der Waals surface area (Å²) in [6, 6.07) is 8.68. The first-order chi connectivity index (χ1) is 12.3. The first kappa shape index (κ1) is 15.7. The number of piperidine rings is 1. The topological polar surface area (TPSA) is 55.1 Å². The zero-order valence-corrected chi connectivity index (χ0v) is 13.8. The Bertz CT molecular complexity index is 836. The van der Waals surface area contributed by atoms with Crippen molar-refractivity contribution in [3.8, 4) is 0 Å². The first-order valence-corrected chi connectivity index (χ1v) is 8.48. The molecule has 0 N–H and O–H groups in total. The largest absolute Gasteiger partial charge is 0.445 e. The van der Waals surface area contributed by atoms with E-state index in [2.05, 4.69) is 19.9 Å². The van der Waals surface area contributed by atoms with Gasteiger partial charge in [0, 0.05) is 25.7 Å².